The molecule has 5 heterocycles. The molecule has 1 aliphatic carbocycles. The second-order valence-corrected chi connectivity index (χ2v) is 9.14. The van der Waals surface area contributed by atoms with Crippen molar-refractivity contribution in [1.82, 2.24) is 14.9 Å². The molecule has 3 aliphatic heterocycles. The molecule has 3 fully saturated rings. The van der Waals surface area contributed by atoms with E-state index in [4.69, 9.17) is 4.98 Å². The molecule has 0 spiro atoms. The summed E-state index contributed by atoms with van der Waals surface area (Å²) in [4.78, 5) is 25.7. The minimum Gasteiger partial charge on any atom is -1.00 e. The van der Waals surface area contributed by atoms with Gasteiger partial charge in [0.25, 0.3) is 5.56 Å². The average molecular weight is 417 g/mol. The van der Waals surface area contributed by atoms with Crippen LogP contribution in [0.5, 0.6) is 0 Å². The van der Waals surface area contributed by atoms with Gasteiger partial charge in [-0.3, -0.25) is 9.69 Å². The van der Waals surface area contributed by atoms with Gasteiger partial charge in [0.05, 0.1) is 25.0 Å². The summed E-state index contributed by atoms with van der Waals surface area (Å²) >= 11 is 1.76. The molecule has 0 aromatic carbocycles. The van der Waals surface area contributed by atoms with E-state index in [1.807, 2.05) is 0 Å². The lowest BCUT2D eigenvalue weighted by atomic mass is 9.89. The molecule has 2 aromatic heterocycles. The van der Waals surface area contributed by atoms with E-state index in [2.05, 4.69) is 16.8 Å². The summed E-state index contributed by atoms with van der Waals surface area (Å²) in [7, 11) is 0. The van der Waals surface area contributed by atoms with Crippen LogP contribution in [0.2, 0.25) is 0 Å². The Morgan fingerprint density at radius 2 is 1.96 bits per heavy atom. The molecule has 2 bridgehead atoms. The summed E-state index contributed by atoms with van der Waals surface area (Å²) in [5, 5.41) is 0.883. The third-order valence-corrected chi connectivity index (χ3v) is 7.52. The summed E-state index contributed by atoms with van der Waals surface area (Å²) in [5.74, 6) is 1.63. The second-order valence-electron chi connectivity index (χ2n) is 8.06. The van der Waals surface area contributed by atoms with E-state index >= 15 is 0 Å². The molecule has 1 unspecified atom stereocenters. The number of quaternary nitrogens is 1. The number of halogens is 2. The highest BCUT2D eigenvalue weighted by atomic mass is 35.5. The Morgan fingerprint density at radius 1 is 1.27 bits per heavy atom. The van der Waals surface area contributed by atoms with Crippen molar-refractivity contribution in [3.63, 3.8) is 0 Å². The van der Waals surface area contributed by atoms with E-state index in [0.717, 1.165) is 45.8 Å². The Morgan fingerprint density at radius 3 is 2.65 bits per heavy atom. The van der Waals surface area contributed by atoms with Gasteiger partial charge in [0.15, 0.2) is 5.82 Å². The van der Waals surface area contributed by atoms with E-state index in [1.54, 1.807) is 11.3 Å². The molecule has 8 heteroatoms. The van der Waals surface area contributed by atoms with Crippen LogP contribution in [0.3, 0.4) is 0 Å². The number of aryl methyl sites for hydroxylation is 1. The number of hydrogen-bond donors (Lipinski definition) is 1. The monoisotopic (exact) mass is 416 g/mol. The van der Waals surface area contributed by atoms with Crippen LogP contribution >= 0.6 is 23.7 Å². The molecular weight excluding hydrogens is 391 g/mol. The predicted octanol–water partition coefficient (Wildman–Crippen LogP) is -0.819. The molecular formula is C18H26Cl2N4OS. The van der Waals surface area contributed by atoms with E-state index in [0.29, 0.717) is 0 Å². The van der Waals surface area contributed by atoms with Gasteiger partial charge in [0.1, 0.15) is 11.4 Å². The molecule has 0 amide bonds. The number of fused-ring (bicyclic) bond motifs is 6. The van der Waals surface area contributed by atoms with Gasteiger partial charge in [-0.25, -0.2) is 4.98 Å². The Kier molecular flexibility index (Phi) is 5.71. The van der Waals surface area contributed by atoms with Crippen LogP contribution in [0.25, 0.3) is 10.2 Å². The van der Waals surface area contributed by atoms with Crippen molar-refractivity contribution in [3.8, 4) is 0 Å². The lowest BCUT2D eigenvalue weighted by molar-refractivity contribution is -0.953. The smallest absolute Gasteiger partial charge is 0.260 e. The first-order valence-corrected chi connectivity index (χ1v) is 10.0. The van der Waals surface area contributed by atoms with Gasteiger partial charge >= 0.3 is 0 Å². The predicted molar refractivity (Wildman–Crippen MR) is 104 cm³/mol. The molecule has 1 N–H and O–H groups in total. The highest BCUT2D eigenvalue weighted by Gasteiger charge is 2.39. The lowest BCUT2D eigenvalue weighted by Gasteiger charge is -2.50. The first-order valence-electron chi connectivity index (χ1n) is 9.23. The van der Waals surface area contributed by atoms with Crippen LogP contribution < -0.4 is 18.0 Å². The normalized spacial score (nSPS) is 29.7. The SMILES string of the molecule is CC1CCc2c(sc3nc(C[N+]45CCN(CC4)CC5)[nH]c(=O)c23)C1.Cl.[Cl-]. The van der Waals surface area contributed by atoms with Gasteiger partial charge < -0.3 is 21.9 Å². The molecule has 0 radical (unpaired) electrons. The lowest BCUT2D eigenvalue weighted by Crippen LogP contribution is -3.00. The molecule has 6 rings (SSSR count). The van der Waals surface area contributed by atoms with Crippen molar-refractivity contribution in [2.45, 2.75) is 32.7 Å². The van der Waals surface area contributed by atoms with Crippen LogP contribution in [0.15, 0.2) is 4.79 Å². The van der Waals surface area contributed by atoms with Gasteiger partial charge in [0.2, 0.25) is 0 Å². The molecule has 144 valence electrons. The molecule has 26 heavy (non-hydrogen) atoms. The number of aromatic amines is 1. The first kappa shape index (κ1) is 20.1. The van der Waals surface area contributed by atoms with Crippen LogP contribution in [-0.2, 0) is 19.4 Å². The van der Waals surface area contributed by atoms with E-state index in [9.17, 15) is 4.79 Å². The zero-order valence-electron chi connectivity index (χ0n) is 15.1. The molecule has 1 atom stereocenters. The number of thiophene rings is 1. The Bertz CT molecular complexity index is 843. The van der Waals surface area contributed by atoms with Crippen molar-refractivity contribution in [1.29, 1.82) is 0 Å². The van der Waals surface area contributed by atoms with Crippen molar-refractivity contribution in [2.24, 2.45) is 5.92 Å². The molecule has 2 aromatic rings. The maximum absolute atomic E-state index is 12.8. The summed E-state index contributed by atoms with van der Waals surface area (Å²) < 4.78 is 1.10. The fourth-order valence-corrected chi connectivity index (χ4v) is 6.16. The number of nitrogens with one attached hydrogen (secondary N) is 1. The molecule has 4 aliphatic rings. The van der Waals surface area contributed by atoms with Gasteiger partial charge in [-0.05, 0) is 30.7 Å². The first-order chi connectivity index (χ1) is 11.6. The number of aromatic nitrogens is 2. The Hall–Kier alpha value is -0.660. The number of nitrogens with zero attached hydrogens (tertiary/aromatic N) is 3. The molecule has 3 saturated heterocycles. The van der Waals surface area contributed by atoms with Gasteiger partial charge in [0, 0.05) is 24.5 Å². The van der Waals surface area contributed by atoms with Gasteiger partial charge in [-0.2, -0.15) is 0 Å². The van der Waals surface area contributed by atoms with Crippen LogP contribution in [0.1, 0.15) is 29.6 Å². The van der Waals surface area contributed by atoms with Gasteiger partial charge in [-0.1, -0.05) is 6.92 Å². The number of hydrogen-bond acceptors (Lipinski definition) is 4. The highest BCUT2D eigenvalue weighted by Crippen LogP contribution is 2.35. The zero-order chi connectivity index (χ0) is 16.3. The van der Waals surface area contributed by atoms with Crippen LogP contribution in [0.4, 0.5) is 0 Å². The number of H-pyrrole nitrogens is 1. The topological polar surface area (TPSA) is 49.0 Å². The number of rotatable bonds is 2. The van der Waals surface area contributed by atoms with Gasteiger partial charge in [-0.15, -0.1) is 23.7 Å². The van der Waals surface area contributed by atoms with Crippen LogP contribution in [0, 0.1) is 5.92 Å². The Balaban J connectivity index is 0.000000980. The van der Waals surface area contributed by atoms with E-state index < -0.39 is 0 Å². The third-order valence-electron chi connectivity index (χ3n) is 6.37. The minimum absolute atomic E-state index is 0. The highest BCUT2D eigenvalue weighted by molar-refractivity contribution is 7.18. The average Bonchev–Trinajstić information content (AvgIpc) is 2.93. The Labute approximate surface area is 170 Å². The quantitative estimate of drug-likeness (QED) is 0.650. The largest absolute Gasteiger partial charge is 1.00 e. The summed E-state index contributed by atoms with van der Waals surface area (Å²) in [5.41, 5.74) is 1.38. The maximum Gasteiger partial charge on any atom is 0.260 e. The van der Waals surface area contributed by atoms with E-state index in [1.165, 1.54) is 56.1 Å². The van der Waals surface area contributed by atoms with Crippen molar-refractivity contribution in [3.05, 3.63) is 26.6 Å². The van der Waals surface area contributed by atoms with Crippen molar-refractivity contribution >= 4 is 34.0 Å². The maximum atomic E-state index is 12.8. The standard InChI is InChI=1S/C18H24N4OS.2ClH/c1-12-2-3-13-14(10-12)24-18-16(13)17(23)19-15(20-18)11-22-7-4-21(5-8-22)6-9-22;;/h12H,2-11H2,1H3;2*1H. The van der Waals surface area contributed by atoms with E-state index in [-0.39, 0.29) is 30.4 Å². The van der Waals surface area contributed by atoms with Crippen molar-refractivity contribution < 1.29 is 16.9 Å². The second kappa shape index (κ2) is 7.40. The molecule has 5 nitrogen and oxygen atoms in total. The summed E-state index contributed by atoms with van der Waals surface area (Å²) in [6, 6.07) is 0. The summed E-state index contributed by atoms with van der Waals surface area (Å²) in [6.45, 7) is 10.4. The fourth-order valence-electron chi connectivity index (χ4n) is 4.75. The number of piperazine rings is 3. The van der Waals surface area contributed by atoms with Crippen molar-refractivity contribution in [2.75, 3.05) is 39.3 Å². The molecule has 0 saturated carbocycles. The minimum atomic E-state index is 0. The fraction of sp³-hybridized carbons (Fsp3) is 0.667. The zero-order valence-corrected chi connectivity index (χ0v) is 17.5. The third kappa shape index (κ3) is 3.31. The summed E-state index contributed by atoms with van der Waals surface area (Å²) in [6.07, 6.45) is 3.34. The van der Waals surface area contributed by atoms with Crippen LogP contribution in [-0.4, -0.2) is 58.6 Å².